The average molecular weight is 439 g/mol. The van der Waals surface area contributed by atoms with E-state index in [-0.39, 0.29) is 0 Å². The molecule has 0 spiro atoms. The Kier molecular flexibility index (Phi) is 4.43. The van der Waals surface area contributed by atoms with Crippen LogP contribution < -0.4 is 5.32 Å². The number of hydrogen-bond acceptors (Lipinski definition) is 6. The molecule has 2 aromatic heterocycles. The molecule has 0 unspecified atom stereocenters. The van der Waals surface area contributed by atoms with Gasteiger partial charge < -0.3 is 19.3 Å². The second-order valence-corrected chi connectivity index (χ2v) is 8.56. The van der Waals surface area contributed by atoms with Crippen molar-refractivity contribution >= 4 is 18.1 Å². The second kappa shape index (κ2) is 7.48. The number of oxazole rings is 2. The molecule has 164 valence electrons. The number of carbonyl (C=O) groups is 1. The van der Waals surface area contributed by atoms with E-state index in [1.165, 1.54) is 12.0 Å². The maximum Gasteiger partial charge on any atom is 0.311 e. The topological polar surface area (TPSA) is 101 Å². The van der Waals surface area contributed by atoms with Gasteiger partial charge in [0.05, 0.1) is 11.6 Å². The zero-order valence-electron chi connectivity index (χ0n) is 17.7. The maximum absolute atomic E-state index is 11.6. The van der Waals surface area contributed by atoms with Crippen LogP contribution in [0.25, 0.3) is 40.0 Å². The first-order valence-electron chi connectivity index (χ1n) is 10.9. The molecule has 0 atom stereocenters. The van der Waals surface area contributed by atoms with Crippen molar-refractivity contribution in [2.24, 2.45) is 5.41 Å². The van der Waals surface area contributed by atoms with E-state index in [9.17, 15) is 9.90 Å². The van der Waals surface area contributed by atoms with Crippen LogP contribution in [-0.4, -0.2) is 27.6 Å². The number of allylic oxidation sites excluding steroid dienone is 1. The molecule has 0 saturated heterocycles. The first-order valence-corrected chi connectivity index (χ1v) is 10.9. The van der Waals surface area contributed by atoms with Crippen molar-refractivity contribution in [2.45, 2.75) is 19.3 Å². The normalized spacial score (nSPS) is 15.4. The van der Waals surface area contributed by atoms with E-state index in [1.807, 2.05) is 36.4 Å². The molecule has 0 radical (unpaired) electrons. The molecular formula is C26H21N3O4. The van der Waals surface area contributed by atoms with Crippen LogP contribution in [0.1, 0.15) is 24.0 Å². The highest BCUT2D eigenvalue weighted by Crippen LogP contribution is 2.46. The van der Waals surface area contributed by atoms with Gasteiger partial charge in [-0.2, -0.15) is 4.98 Å². The number of benzene rings is 2. The molecule has 0 aliphatic heterocycles. The molecule has 7 nitrogen and oxygen atoms in total. The summed E-state index contributed by atoms with van der Waals surface area (Å²) in [5.74, 6) is 0.572. The van der Waals surface area contributed by atoms with Crippen LogP contribution in [0.3, 0.4) is 0 Å². The van der Waals surface area contributed by atoms with Gasteiger partial charge in [-0.25, -0.2) is 4.98 Å². The third kappa shape index (κ3) is 3.42. The quantitative estimate of drug-likeness (QED) is 0.391. The monoisotopic (exact) mass is 439 g/mol. The molecule has 1 saturated carbocycles. The Hall–Kier alpha value is -4.13. The lowest BCUT2D eigenvalue weighted by Gasteiger charge is -2.09. The first-order chi connectivity index (χ1) is 16.1. The second-order valence-electron chi connectivity index (χ2n) is 8.56. The van der Waals surface area contributed by atoms with Gasteiger partial charge >= 0.3 is 5.97 Å². The molecule has 6 rings (SSSR count). The molecule has 2 aromatic carbocycles. The van der Waals surface area contributed by atoms with Gasteiger partial charge in [0.2, 0.25) is 0 Å². The molecular weight excluding hydrogens is 418 g/mol. The van der Waals surface area contributed by atoms with Gasteiger partial charge in [-0.05, 0) is 30.4 Å². The summed E-state index contributed by atoms with van der Waals surface area (Å²) in [6.45, 7) is 0.291. The van der Waals surface area contributed by atoms with Gasteiger partial charge in [0, 0.05) is 23.2 Å². The van der Waals surface area contributed by atoms with E-state index in [0.29, 0.717) is 42.6 Å². The number of aliphatic carboxylic acids is 1. The number of carboxylic acid groups (broad SMARTS) is 1. The van der Waals surface area contributed by atoms with E-state index in [1.54, 1.807) is 6.20 Å². The summed E-state index contributed by atoms with van der Waals surface area (Å²) in [4.78, 5) is 20.3. The molecule has 2 N–H and O–H groups in total. The zero-order valence-corrected chi connectivity index (χ0v) is 17.7. The number of fused-ring (bicyclic) bond motifs is 1. The molecule has 2 aliphatic carbocycles. The Labute approximate surface area is 189 Å². The SMILES string of the molecule is O=C(O)C1(CNc2nc(-c3ccc(-c4cnco4)cc3)c(-c3cccc4c3C=CC4)o2)CC1. The van der Waals surface area contributed by atoms with Gasteiger partial charge in [0.25, 0.3) is 6.01 Å². The lowest BCUT2D eigenvalue weighted by Crippen LogP contribution is -2.24. The molecule has 4 aromatic rings. The van der Waals surface area contributed by atoms with Crippen molar-refractivity contribution in [1.82, 2.24) is 9.97 Å². The fourth-order valence-electron chi connectivity index (χ4n) is 4.28. The van der Waals surface area contributed by atoms with E-state index in [4.69, 9.17) is 13.8 Å². The molecule has 7 heteroatoms. The highest BCUT2D eigenvalue weighted by atomic mass is 16.4. The first kappa shape index (κ1) is 19.5. The van der Waals surface area contributed by atoms with Crippen LogP contribution in [0.2, 0.25) is 0 Å². The Morgan fingerprint density at radius 3 is 2.67 bits per heavy atom. The third-order valence-electron chi connectivity index (χ3n) is 6.45. The lowest BCUT2D eigenvalue weighted by atomic mass is 9.98. The lowest BCUT2D eigenvalue weighted by molar-refractivity contribution is -0.142. The van der Waals surface area contributed by atoms with Crippen molar-refractivity contribution in [2.75, 3.05) is 11.9 Å². The highest BCUT2D eigenvalue weighted by molar-refractivity contribution is 5.85. The zero-order chi connectivity index (χ0) is 22.4. The van der Waals surface area contributed by atoms with Crippen LogP contribution in [0.5, 0.6) is 0 Å². The summed E-state index contributed by atoms with van der Waals surface area (Å²) < 4.78 is 11.6. The number of aromatic nitrogens is 2. The maximum atomic E-state index is 11.6. The highest BCUT2D eigenvalue weighted by Gasteiger charge is 2.50. The number of nitrogens with one attached hydrogen (secondary N) is 1. The standard InChI is InChI=1S/C26H21N3O4/c30-24(31)26(11-12-26)14-28-25-29-22(18-9-7-17(8-10-18)21-13-27-15-32-21)23(33-25)20-6-2-4-16-3-1-5-19(16)20/h1-2,4-10,13,15H,3,11-12,14H2,(H,28,29)(H,30,31). The smallest absolute Gasteiger partial charge is 0.311 e. The largest absolute Gasteiger partial charge is 0.481 e. The Balaban J connectivity index is 1.40. The summed E-state index contributed by atoms with van der Waals surface area (Å²) in [6, 6.07) is 14.4. The van der Waals surface area contributed by atoms with Gasteiger partial charge in [0.1, 0.15) is 5.69 Å². The molecule has 0 amide bonds. The fourth-order valence-corrected chi connectivity index (χ4v) is 4.28. The summed E-state index contributed by atoms with van der Waals surface area (Å²) in [6.07, 6.45) is 9.55. The van der Waals surface area contributed by atoms with Crippen molar-refractivity contribution < 1.29 is 18.7 Å². The van der Waals surface area contributed by atoms with E-state index >= 15 is 0 Å². The minimum atomic E-state index is -0.781. The van der Waals surface area contributed by atoms with Crippen LogP contribution in [0.15, 0.2) is 70.0 Å². The number of rotatable bonds is 7. The van der Waals surface area contributed by atoms with Crippen LogP contribution in [0, 0.1) is 5.41 Å². The Morgan fingerprint density at radius 1 is 1.12 bits per heavy atom. The van der Waals surface area contributed by atoms with Gasteiger partial charge in [-0.3, -0.25) is 4.79 Å². The Bertz CT molecular complexity index is 1360. The minimum absolute atomic E-state index is 0.291. The van der Waals surface area contributed by atoms with Crippen LogP contribution in [0.4, 0.5) is 6.01 Å². The molecule has 2 heterocycles. The predicted octanol–water partition coefficient (Wildman–Crippen LogP) is 5.51. The fraction of sp³-hybridized carbons (Fsp3) is 0.192. The molecule has 1 fully saturated rings. The predicted molar refractivity (Wildman–Crippen MR) is 123 cm³/mol. The summed E-state index contributed by atoms with van der Waals surface area (Å²) in [5, 5.41) is 12.6. The molecule has 0 bridgehead atoms. The van der Waals surface area contributed by atoms with E-state index < -0.39 is 11.4 Å². The van der Waals surface area contributed by atoms with Gasteiger partial charge in [0.15, 0.2) is 17.9 Å². The average Bonchev–Trinajstić information content (AvgIpc) is 3.24. The van der Waals surface area contributed by atoms with Crippen molar-refractivity contribution in [3.63, 3.8) is 0 Å². The van der Waals surface area contributed by atoms with Crippen LogP contribution in [-0.2, 0) is 11.2 Å². The van der Waals surface area contributed by atoms with E-state index in [0.717, 1.165) is 28.7 Å². The van der Waals surface area contributed by atoms with Crippen molar-refractivity contribution in [1.29, 1.82) is 0 Å². The summed E-state index contributed by atoms with van der Waals surface area (Å²) in [5.41, 5.74) is 5.14. The van der Waals surface area contributed by atoms with E-state index in [2.05, 4.69) is 28.5 Å². The Morgan fingerprint density at radius 2 is 1.94 bits per heavy atom. The number of carboxylic acids is 1. The number of hydrogen-bond donors (Lipinski definition) is 2. The minimum Gasteiger partial charge on any atom is -0.481 e. The molecule has 2 aliphatic rings. The molecule has 33 heavy (non-hydrogen) atoms. The van der Waals surface area contributed by atoms with Crippen molar-refractivity contribution in [3.05, 3.63) is 72.3 Å². The summed E-state index contributed by atoms with van der Waals surface area (Å²) in [7, 11) is 0. The third-order valence-corrected chi connectivity index (χ3v) is 6.45. The van der Waals surface area contributed by atoms with Gasteiger partial charge in [-0.15, -0.1) is 0 Å². The van der Waals surface area contributed by atoms with Crippen molar-refractivity contribution in [3.8, 4) is 33.9 Å². The number of anilines is 1. The summed E-state index contributed by atoms with van der Waals surface area (Å²) >= 11 is 0. The van der Waals surface area contributed by atoms with Gasteiger partial charge in [-0.1, -0.05) is 54.6 Å². The number of nitrogens with zero attached hydrogens (tertiary/aromatic N) is 2. The van der Waals surface area contributed by atoms with Crippen LogP contribution >= 0.6 is 0 Å².